The highest BCUT2D eigenvalue weighted by atomic mass is 35.5. The van der Waals surface area contributed by atoms with Crippen LogP contribution in [0.25, 0.3) is 0 Å². The van der Waals surface area contributed by atoms with Crippen molar-refractivity contribution < 1.29 is 28.4 Å². The van der Waals surface area contributed by atoms with Crippen molar-refractivity contribution >= 4 is 11.6 Å². The summed E-state index contributed by atoms with van der Waals surface area (Å²) in [4.78, 5) is 0. The Morgan fingerprint density at radius 3 is 2.48 bits per heavy atom. The van der Waals surface area contributed by atoms with Crippen LogP contribution >= 0.6 is 11.6 Å². The monoisotopic (exact) mass is 326 g/mol. The summed E-state index contributed by atoms with van der Waals surface area (Å²) in [5.74, 6) is -0.285. The fourth-order valence-electron chi connectivity index (χ4n) is 2.32. The van der Waals surface area contributed by atoms with E-state index < -0.39 is 5.79 Å². The van der Waals surface area contributed by atoms with E-state index in [0.717, 1.165) is 12.8 Å². The fourth-order valence-corrected chi connectivity index (χ4v) is 2.56. The van der Waals surface area contributed by atoms with Gasteiger partial charge in [-0.2, -0.15) is 0 Å². The Labute approximate surface area is 131 Å². The molecule has 3 atom stereocenters. The van der Waals surface area contributed by atoms with Crippen molar-refractivity contribution in [2.24, 2.45) is 0 Å². The Morgan fingerprint density at radius 1 is 1.14 bits per heavy atom. The van der Waals surface area contributed by atoms with Crippen molar-refractivity contribution in [1.82, 2.24) is 0 Å². The predicted octanol–water partition coefficient (Wildman–Crippen LogP) is 2.14. The van der Waals surface area contributed by atoms with Gasteiger partial charge in [-0.3, -0.25) is 0 Å². The minimum atomic E-state index is -0.647. The first-order valence-electron chi connectivity index (χ1n) is 7.13. The summed E-state index contributed by atoms with van der Waals surface area (Å²) in [7, 11) is 3.19. The first kappa shape index (κ1) is 19.1. The smallest absolute Gasteiger partial charge is 0.163 e. The molecule has 7 heteroatoms. The second kappa shape index (κ2) is 9.94. The molecule has 0 spiro atoms. The van der Waals surface area contributed by atoms with Gasteiger partial charge in [0, 0.05) is 20.8 Å². The summed E-state index contributed by atoms with van der Waals surface area (Å²) >= 11 is 5.98. The molecule has 0 unspecified atom stereocenters. The van der Waals surface area contributed by atoms with Crippen LogP contribution in [0.5, 0.6) is 0 Å². The van der Waals surface area contributed by atoms with Gasteiger partial charge in [-0.1, -0.05) is 0 Å². The number of alkyl halides is 1. The SMILES string of the molecule is COCOCCC[C@H](OCOC)[C@@H]1OC(C)(C)O[C@H]1CCl. The van der Waals surface area contributed by atoms with E-state index in [0.29, 0.717) is 19.3 Å². The van der Waals surface area contributed by atoms with E-state index in [1.54, 1.807) is 14.2 Å². The lowest BCUT2D eigenvalue weighted by atomic mass is 10.0. The van der Waals surface area contributed by atoms with Crippen molar-refractivity contribution in [3.05, 3.63) is 0 Å². The van der Waals surface area contributed by atoms with Gasteiger partial charge in [0.25, 0.3) is 0 Å². The minimum absolute atomic E-state index is 0.151. The second-order valence-corrected chi connectivity index (χ2v) is 5.67. The maximum Gasteiger partial charge on any atom is 0.163 e. The van der Waals surface area contributed by atoms with Crippen LogP contribution in [0.4, 0.5) is 0 Å². The van der Waals surface area contributed by atoms with Gasteiger partial charge in [0.15, 0.2) is 5.79 Å². The number of rotatable bonds is 11. The van der Waals surface area contributed by atoms with Crippen LogP contribution in [0.1, 0.15) is 26.7 Å². The zero-order valence-electron chi connectivity index (χ0n) is 13.3. The fraction of sp³-hybridized carbons (Fsp3) is 1.00. The third-order valence-corrected chi connectivity index (χ3v) is 3.42. The van der Waals surface area contributed by atoms with Crippen LogP contribution in [-0.4, -0.2) is 64.4 Å². The molecular weight excluding hydrogens is 300 g/mol. The van der Waals surface area contributed by atoms with Crippen LogP contribution in [0.15, 0.2) is 0 Å². The topological polar surface area (TPSA) is 55.4 Å². The van der Waals surface area contributed by atoms with Gasteiger partial charge in [0.2, 0.25) is 0 Å². The first-order valence-corrected chi connectivity index (χ1v) is 7.66. The van der Waals surface area contributed by atoms with Crippen molar-refractivity contribution in [3.8, 4) is 0 Å². The molecule has 1 rings (SSSR count). The molecule has 0 saturated carbocycles. The van der Waals surface area contributed by atoms with Gasteiger partial charge < -0.3 is 28.4 Å². The van der Waals surface area contributed by atoms with E-state index in [-0.39, 0.29) is 25.1 Å². The van der Waals surface area contributed by atoms with E-state index in [2.05, 4.69) is 0 Å². The molecule has 1 aliphatic rings. The van der Waals surface area contributed by atoms with Crippen LogP contribution < -0.4 is 0 Å². The molecule has 0 N–H and O–H groups in total. The lowest BCUT2D eigenvalue weighted by molar-refractivity contribution is -0.171. The summed E-state index contributed by atoms with van der Waals surface area (Å²) in [5, 5.41) is 0. The van der Waals surface area contributed by atoms with Crippen molar-refractivity contribution in [2.75, 3.05) is 40.3 Å². The standard InChI is InChI=1S/C14H27ClO6/c1-14(2)20-12(8-15)13(21-14)11(19-10-17-4)6-5-7-18-9-16-3/h11-13H,5-10H2,1-4H3/t11-,12-,13-/m0/s1. The number of hydrogen-bond donors (Lipinski definition) is 0. The van der Waals surface area contributed by atoms with Crippen molar-refractivity contribution in [3.63, 3.8) is 0 Å². The summed E-state index contributed by atoms with van der Waals surface area (Å²) in [6.07, 6.45) is 1.04. The van der Waals surface area contributed by atoms with Gasteiger partial charge >= 0.3 is 0 Å². The predicted molar refractivity (Wildman–Crippen MR) is 78.4 cm³/mol. The molecule has 126 valence electrons. The van der Waals surface area contributed by atoms with Gasteiger partial charge in [0.05, 0.1) is 12.0 Å². The van der Waals surface area contributed by atoms with Crippen molar-refractivity contribution in [2.45, 2.75) is 50.8 Å². The Hall–Kier alpha value is 0.0500. The average molecular weight is 327 g/mol. The molecule has 6 nitrogen and oxygen atoms in total. The van der Waals surface area contributed by atoms with Gasteiger partial charge in [-0.15, -0.1) is 11.6 Å². The van der Waals surface area contributed by atoms with E-state index in [1.807, 2.05) is 13.8 Å². The highest BCUT2D eigenvalue weighted by Gasteiger charge is 2.45. The zero-order chi connectivity index (χ0) is 15.7. The molecule has 0 radical (unpaired) electrons. The quantitative estimate of drug-likeness (QED) is 0.329. The zero-order valence-corrected chi connectivity index (χ0v) is 14.1. The molecule has 0 aromatic heterocycles. The number of hydrogen-bond acceptors (Lipinski definition) is 6. The van der Waals surface area contributed by atoms with Crippen LogP contribution in [0.2, 0.25) is 0 Å². The Morgan fingerprint density at radius 2 is 1.86 bits per heavy atom. The third-order valence-electron chi connectivity index (χ3n) is 3.12. The average Bonchev–Trinajstić information content (AvgIpc) is 2.77. The molecule has 21 heavy (non-hydrogen) atoms. The Bertz CT molecular complexity index is 276. The van der Waals surface area contributed by atoms with Crippen molar-refractivity contribution in [1.29, 1.82) is 0 Å². The van der Waals surface area contributed by atoms with Gasteiger partial charge in [0.1, 0.15) is 25.8 Å². The minimum Gasteiger partial charge on any atom is -0.359 e. The molecule has 1 heterocycles. The number of methoxy groups -OCH3 is 2. The molecule has 1 saturated heterocycles. The summed E-state index contributed by atoms with van der Waals surface area (Å²) in [6, 6.07) is 0. The number of ether oxygens (including phenoxy) is 6. The van der Waals surface area contributed by atoms with Gasteiger partial charge in [-0.25, -0.2) is 0 Å². The molecule has 1 aliphatic heterocycles. The lowest BCUT2D eigenvalue weighted by Gasteiger charge is -2.26. The van der Waals surface area contributed by atoms with E-state index in [1.165, 1.54) is 0 Å². The molecule has 0 aliphatic carbocycles. The summed E-state index contributed by atoms with van der Waals surface area (Å²) in [5.41, 5.74) is 0. The van der Waals surface area contributed by atoms with Crippen LogP contribution in [0, 0.1) is 0 Å². The highest BCUT2D eigenvalue weighted by Crippen LogP contribution is 2.32. The first-order chi connectivity index (χ1) is 10.0. The van der Waals surface area contributed by atoms with E-state index in [9.17, 15) is 0 Å². The second-order valence-electron chi connectivity index (χ2n) is 5.36. The molecule has 0 bridgehead atoms. The molecule has 0 aromatic carbocycles. The van der Waals surface area contributed by atoms with Gasteiger partial charge in [-0.05, 0) is 26.7 Å². The molecule has 1 fully saturated rings. The molecule has 0 amide bonds. The van der Waals surface area contributed by atoms with Crippen LogP contribution in [-0.2, 0) is 28.4 Å². The largest absolute Gasteiger partial charge is 0.359 e. The van der Waals surface area contributed by atoms with Crippen LogP contribution in [0.3, 0.4) is 0 Å². The maximum atomic E-state index is 5.98. The Kier molecular flexibility index (Phi) is 9.04. The summed E-state index contributed by atoms with van der Waals surface area (Å²) in [6.45, 7) is 4.86. The molecular formula is C14H27ClO6. The summed E-state index contributed by atoms with van der Waals surface area (Å²) < 4.78 is 32.6. The lowest BCUT2D eigenvalue weighted by Crippen LogP contribution is -2.39. The highest BCUT2D eigenvalue weighted by molar-refractivity contribution is 6.18. The van der Waals surface area contributed by atoms with E-state index >= 15 is 0 Å². The Balaban J connectivity index is 2.50. The molecule has 0 aromatic rings. The third kappa shape index (κ3) is 6.78. The number of halogens is 1. The maximum absolute atomic E-state index is 5.98. The normalized spacial score (nSPS) is 26.1. The van der Waals surface area contributed by atoms with E-state index in [4.69, 9.17) is 40.0 Å².